The van der Waals surface area contributed by atoms with Gasteiger partial charge in [0, 0.05) is 46.2 Å². The van der Waals surface area contributed by atoms with Gasteiger partial charge in [-0.15, -0.1) is 0 Å². The van der Waals surface area contributed by atoms with Crippen LogP contribution in [-0.2, 0) is 9.47 Å². The molecule has 1 rings (SSSR count). The van der Waals surface area contributed by atoms with Gasteiger partial charge in [0.15, 0.2) is 0 Å². The smallest absolute Gasteiger partial charge is 0.272 e. The average Bonchev–Trinajstić information content (AvgIpc) is 2.45. The second-order valence-corrected chi connectivity index (χ2v) is 4.51. The summed E-state index contributed by atoms with van der Waals surface area (Å²) >= 11 is 0. The molecule has 0 atom stereocenters. The first-order chi connectivity index (χ1) is 9.65. The number of ether oxygens (including phenoxy) is 2. The SMILES string of the molecule is COCCOCCCNc1ccnc(C(=O)N(C)C)c1. The summed E-state index contributed by atoms with van der Waals surface area (Å²) in [6.07, 6.45) is 2.52. The topological polar surface area (TPSA) is 63.7 Å². The molecule has 6 heteroatoms. The molecule has 0 bridgehead atoms. The van der Waals surface area contributed by atoms with E-state index in [0.29, 0.717) is 25.5 Å². The maximum atomic E-state index is 11.8. The van der Waals surface area contributed by atoms with Gasteiger partial charge in [0.25, 0.3) is 5.91 Å². The van der Waals surface area contributed by atoms with Crippen molar-refractivity contribution in [3.63, 3.8) is 0 Å². The van der Waals surface area contributed by atoms with Gasteiger partial charge in [-0.3, -0.25) is 9.78 Å². The Kier molecular flexibility index (Phi) is 7.60. The molecule has 0 unspecified atom stereocenters. The molecule has 0 aromatic carbocycles. The maximum Gasteiger partial charge on any atom is 0.272 e. The molecule has 0 fully saturated rings. The highest BCUT2D eigenvalue weighted by molar-refractivity contribution is 5.92. The third-order valence-corrected chi connectivity index (χ3v) is 2.61. The van der Waals surface area contributed by atoms with Crippen LogP contribution in [-0.4, -0.2) is 63.4 Å². The number of amides is 1. The first kappa shape index (κ1) is 16.4. The summed E-state index contributed by atoms with van der Waals surface area (Å²) in [5, 5.41) is 3.25. The minimum atomic E-state index is -0.100. The highest BCUT2D eigenvalue weighted by Crippen LogP contribution is 2.09. The Hall–Kier alpha value is -1.66. The van der Waals surface area contributed by atoms with Crippen molar-refractivity contribution < 1.29 is 14.3 Å². The van der Waals surface area contributed by atoms with Gasteiger partial charge >= 0.3 is 0 Å². The van der Waals surface area contributed by atoms with Crippen LogP contribution >= 0.6 is 0 Å². The quantitative estimate of drug-likeness (QED) is 0.690. The first-order valence-electron chi connectivity index (χ1n) is 6.63. The monoisotopic (exact) mass is 281 g/mol. The molecule has 0 saturated heterocycles. The van der Waals surface area contributed by atoms with Crippen molar-refractivity contribution in [2.75, 3.05) is 52.9 Å². The van der Waals surface area contributed by atoms with Crippen molar-refractivity contribution in [1.29, 1.82) is 0 Å². The zero-order valence-electron chi connectivity index (χ0n) is 12.4. The van der Waals surface area contributed by atoms with Crippen LogP contribution in [0.1, 0.15) is 16.9 Å². The lowest BCUT2D eigenvalue weighted by molar-refractivity contribution is 0.0705. The largest absolute Gasteiger partial charge is 0.385 e. The van der Waals surface area contributed by atoms with Gasteiger partial charge in [-0.2, -0.15) is 0 Å². The Morgan fingerprint density at radius 2 is 2.15 bits per heavy atom. The number of rotatable bonds is 9. The minimum Gasteiger partial charge on any atom is -0.385 e. The molecule has 0 saturated carbocycles. The summed E-state index contributed by atoms with van der Waals surface area (Å²) < 4.78 is 10.3. The predicted molar refractivity (Wildman–Crippen MR) is 78.1 cm³/mol. The lowest BCUT2D eigenvalue weighted by Gasteiger charge is -2.11. The Labute approximate surface area is 120 Å². The van der Waals surface area contributed by atoms with Crippen LogP contribution in [0.3, 0.4) is 0 Å². The maximum absolute atomic E-state index is 11.8. The van der Waals surface area contributed by atoms with Crippen molar-refractivity contribution in [3.05, 3.63) is 24.0 Å². The average molecular weight is 281 g/mol. The van der Waals surface area contributed by atoms with Crippen LogP contribution in [0, 0.1) is 0 Å². The third kappa shape index (κ3) is 5.99. The minimum absolute atomic E-state index is 0.100. The van der Waals surface area contributed by atoms with E-state index in [9.17, 15) is 4.79 Å². The second kappa shape index (κ2) is 9.28. The van der Waals surface area contributed by atoms with Crippen LogP contribution < -0.4 is 5.32 Å². The van der Waals surface area contributed by atoms with E-state index in [-0.39, 0.29) is 5.91 Å². The normalized spacial score (nSPS) is 10.3. The summed E-state index contributed by atoms with van der Waals surface area (Å²) in [4.78, 5) is 17.4. The van der Waals surface area contributed by atoms with E-state index >= 15 is 0 Å². The Morgan fingerprint density at radius 1 is 1.35 bits per heavy atom. The molecule has 1 N–H and O–H groups in total. The summed E-state index contributed by atoms with van der Waals surface area (Å²) in [6, 6.07) is 3.60. The summed E-state index contributed by atoms with van der Waals surface area (Å²) in [7, 11) is 5.07. The van der Waals surface area contributed by atoms with Gasteiger partial charge in [0.05, 0.1) is 13.2 Å². The number of hydrogen-bond acceptors (Lipinski definition) is 5. The van der Waals surface area contributed by atoms with Crippen molar-refractivity contribution in [3.8, 4) is 0 Å². The van der Waals surface area contributed by atoms with Crippen LogP contribution in [0.2, 0.25) is 0 Å². The number of anilines is 1. The van der Waals surface area contributed by atoms with Crippen molar-refractivity contribution >= 4 is 11.6 Å². The summed E-state index contributed by atoms with van der Waals surface area (Å²) in [5.41, 5.74) is 1.33. The molecule has 6 nitrogen and oxygen atoms in total. The van der Waals surface area contributed by atoms with E-state index in [2.05, 4.69) is 10.3 Å². The molecular weight excluding hydrogens is 258 g/mol. The van der Waals surface area contributed by atoms with E-state index in [0.717, 1.165) is 18.7 Å². The number of nitrogens with zero attached hydrogens (tertiary/aromatic N) is 2. The Morgan fingerprint density at radius 3 is 2.85 bits per heavy atom. The molecule has 0 aliphatic heterocycles. The molecule has 20 heavy (non-hydrogen) atoms. The molecular formula is C14H23N3O3. The molecule has 0 aliphatic rings. The lowest BCUT2D eigenvalue weighted by atomic mass is 10.3. The zero-order valence-corrected chi connectivity index (χ0v) is 12.4. The predicted octanol–water partition coefficient (Wildman–Crippen LogP) is 1.25. The molecule has 112 valence electrons. The van der Waals surface area contributed by atoms with E-state index < -0.39 is 0 Å². The van der Waals surface area contributed by atoms with Gasteiger partial charge < -0.3 is 19.7 Å². The number of aromatic nitrogens is 1. The Balaban J connectivity index is 2.30. The summed E-state index contributed by atoms with van der Waals surface area (Å²) in [6.45, 7) is 2.71. The van der Waals surface area contributed by atoms with E-state index in [1.165, 1.54) is 4.90 Å². The van der Waals surface area contributed by atoms with Crippen molar-refractivity contribution in [2.45, 2.75) is 6.42 Å². The first-order valence-corrected chi connectivity index (χ1v) is 6.63. The highest BCUT2D eigenvalue weighted by atomic mass is 16.5. The van der Waals surface area contributed by atoms with Crippen molar-refractivity contribution in [2.24, 2.45) is 0 Å². The fourth-order valence-corrected chi connectivity index (χ4v) is 1.54. The molecule has 0 radical (unpaired) electrons. The van der Waals surface area contributed by atoms with Crippen LogP contribution in [0.25, 0.3) is 0 Å². The van der Waals surface area contributed by atoms with Gasteiger partial charge in [0.1, 0.15) is 5.69 Å². The van der Waals surface area contributed by atoms with Gasteiger partial charge in [-0.1, -0.05) is 0 Å². The van der Waals surface area contributed by atoms with Gasteiger partial charge in [-0.25, -0.2) is 0 Å². The standard InChI is InChI=1S/C14H23N3O3/c1-17(2)14(18)13-11-12(5-7-16-13)15-6-4-8-20-10-9-19-3/h5,7,11H,4,6,8-10H2,1-3H3,(H,15,16). The third-order valence-electron chi connectivity index (χ3n) is 2.61. The van der Waals surface area contributed by atoms with E-state index in [4.69, 9.17) is 9.47 Å². The number of nitrogens with one attached hydrogen (secondary N) is 1. The lowest BCUT2D eigenvalue weighted by Crippen LogP contribution is -2.22. The van der Waals surface area contributed by atoms with Gasteiger partial charge in [0.2, 0.25) is 0 Å². The molecule has 1 heterocycles. The highest BCUT2D eigenvalue weighted by Gasteiger charge is 2.09. The Bertz CT molecular complexity index is 410. The number of methoxy groups -OCH3 is 1. The zero-order chi connectivity index (χ0) is 14.8. The number of pyridine rings is 1. The van der Waals surface area contributed by atoms with Crippen LogP contribution in [0.15, 0.2) is 18.3 Å². The fraction of sp³-hybridized carbons (Fsp3) is 0.571. The molecule has 1 aromatic rings. The summed E-state index contributed by atoms with van der Waals surface area (Å²) in [5.74, 6) is -0.100. The molecule has 0 spiro atoms. The number of carbonyl (C=O) groups excluding carboxylic acids is 1. The fourth-order valence-electron chi connectivity index (χ4n) is 1.54. The van der Waals surface area contributed by atoms with Crippen LogP contribution in [0.5, 0.6) is 0 Å². The van der Waals surface area contributed by atoms with Crippen LogP contribution in [0.4, 0.5) is 5.69 Å². The number of hydrogen-bond donors (Lipinski definition) is 1. The molecule has 1 aromatic heterocycles. The molecule has 1 amide bonds. The molecule has 0 aliphatic carbocycles. The van der Waals surface area contributed by atoms with Gasteiger partial charge in [-0.05, 0) is 18.6 Å². The second-order valence-electron chi connectivity index (χ2n) is 4.51. The van der Waals surface area contributed by atoms with E-state index in [1.54, 1.807) is 33.5 Å². The van der Waals surface area contributed by atoms with E-state index in [1.807, 2.05) is 6.07 Å². The van der Waals surface area contributed by atoms with Crippen molar-refractivity contribution in [1.82, 2.24) is 9.88 Å². The number of carbonyl (C=O) groups is 1.